The Morgan fingerprint density at radius 2 is 1.87 bits per heavy atom. The van der Waals surface area contributed by atoms with Gasteiger partial charge in [-0.15, -0.1) is 0 Å². The van der Waals surface area contributed by atoms with Crippen LogP contribution in [0, 0.1) is 0 Å². The highest BCUT2D eigenvalue weighted by atomic mass is 32.2. The zero-order valence-electron chi connectivity index (χ0n) is 16.3. The fourth-order valence-electron chi connectivity index (χ4n) is 3.39. The van der Waals surface area contributed by atoms with Gasteiger partial charge in [-0.25, -0.2) is 13.2 Å². The molecule has 0 spiro atoms. The highest BCUT2D eigenvalue weighted by Gasteiger charge is 2.33. The van der Waals surface area contributed by atoms with Gasteiger partial charge in [-0.1, -0.05) is 6.07 Å². The topological polar surface area (TPSA) is 113 Å². The number of nitrogens with zero attached hydrogens (tertiary/aromatic N) is 2. The normalized spacial score (nSPS) is 15.4. The first-order valence-corrected chi connectivity index (χ1v) is 11.0. The van der Waals surface area contributed by atoms with Gasteiger partial charge < -0.3 is 19.0 Å². The van der Waals surface area contributed by atoms with Gasteiger partial charge in [-0.2, -0.15) is 4.31 Å². The summed E-state index contributed by atoms with van der Waals surface area (Å²) in [5, 5.41) is 0.700. The Kier molecular flexibility index (Phi) is 5.35. The van der Waals surface area contributed by atoms with E-state index in [0.717, 1.165) is 10.9 Å². The van der Waals surface area contributed by atoms with Crippen molar-refractivity contribution in [2.45, 2.75) is 12.0 Å². The zero-order valence-corrected chi connectivity index (χ0v) is 17.1. The number of esters is 1. The van der Waals surface area contributed by atoms with E-state index in [2.05, 4.69) is 4.98 Å². The molecule has 3 aromatic rings. The third kappa shape index (κ3) is 3.71. The number of ether oxygens (including phenoxy) is 1. The van der Waals surface area contributed by atoms with Crippen LogP contribution in [0.25, 0.3) is 10.9 Å². The van der Waals surface area contributed by atoms with Gasteiger partial charge in [-0.05, 0) is 42.6 Å². The van der Waals surface area contributed by atoms with Crippen LogP contribution in [-0.2, 0) is 14.8 Å². The molecule has 1 amide bonds. The summed E-state index contributed by atoms with van der Waals surface area (Å²) in [6.45, 7) is 2.59. The molecule has 10 heteroatoms. The van der Waals surface area contributed by atoms with Crippen LogP contribution >= 0.6 is 0 Å². The average Bonchev–Trinajstić information content (AvgIpc) is 3.43. The van der Waals surface area contributed by atoms with E-state index in [1.807, 2.05) is 18.3 Å². The van der Waals surface area contributed by atoms with Gasteiger partial charge in [0.2, 0.25) is 10.9 Å². The highest BCUT2D eigenvalue weighted by molar-refractivity contribution is 7.89. The Morgan fingerprint density at radius 1 is 1.10 bits per heavy atom. The molecule has 3 heterocycles. The number of benzene rings is 1. The van der Waals surface area contributed by atoms with Crippen molar-refractivity contribution in [3.8, 4) is 0 Å². The molecule has 158 valence electrons. The number of H-pyrrole nitrogens is 1. The summed E-state index contributed by atoms with van der Waals surface area (Å²) in [6, 6.07) is 9.88. The molecular weight excluding hydrogens is 410 g/mol. The van der Waals surface area contributed by atoms with E-state index in [4.69, 9.17) is 9.15 Å². The molecule has 1 fully saturated rings. The van der Waals surface area contributed by atoms with Crippen LogP contribution < -0.4 is 0 Å². The maximum Gasteiger partial charge on any atom is 0.374 e. The van der Waals surface area contributed by atoms with Gasteiger partial charge >= 0.3 is 5.97 Å². The first-order valence-electron chi connectivity index (χ1n) is 9.53. The second-order valence-electron chi connectivity index (χ2n) is 6.82. The van der Waals surface area contributed by atoms with E-state index in [9.17, 15) is 18.0 Å². The third-order valence-electron chi connectivity index (χ3n) is 4.98. The molecule has 1 saturated heterocycles. The van der Waals surface area contributed by atoms with Gasteiger partial charge in [0.1, 0.15) is 0 Å². The Morgan fingerprint density at radius 3 is 2.60 bits per heavy atom. The van der Waals surface area contributed by atoms with Crippen molar-refractivity contribution in [2.24, 2.45) is 0 Å². The number of sulfonamides is 1. The lowest BCUT2D eigenvalue weighted by atomic mass is 10.1. The van der Waals surface area contributed by atoms with Crippen LogP contribution in [0.5, 0.6) is 0 Å². The highest BCUT2D eigenvalue weighted by Crippen LogP contribution is 2.22. The number of rotatable bonds is 5. The van der Waals surface area contributed by atoms with Crippen molar-refractivity contribution in [1.29, 1.82) is 0 Å². The van der Waals surface area contributed by atoms with E-state index in [1.165, 1.54) is 16.4 Å². The minimum absolute atomic E-state index is 0.133. The molecule has 1 N–H and O–H groups in total. The van der Waals surface area contributed by atoms with Crippen molar-refractivity contribution < 1.29 is 27.2 Å². The maximum atomic E-state index is 12.8. The first-order chi connectivity index (χ1) is 14.4. The van der Waals surface area contributed by atoms with E-state index in [0.29, 0.717) is 5.56 Å². The van der Waals surface area contributed by atoms with Crippen LogP contribution in [0.15, 0.2) is 52.1 Å². The quantitative estimate of drug-likeness (QED) is 0.619. The Bertz CT molecular complexity index is 1190. The molecule has 2 aromatic heterocycles. The number of amides is 1. The fraction of sp³-hybridized carbons (Fsp3) is 0.300. The molecule has 0 saturated carbocycles. The predicted molar refractivity (Wildman–Crippen MR) is 108 cm³/mol. The van der Waals surface area contributed by atoms with Crippen molar-refractivity contribution >= 4 is 32.8 Å². The summed E-state index contributed by atoms with van der Waals surface area (Å²) in [7, 11) is -3.91. The predicted octanol–water partition coefficient (Wildman–Crippen LogP) is 2.08. The largest absolute Gasteiger partial charge is 0.460 e. The lowest BCUT2D eigenvalue weighted by Crippen LogP contribution is -2.50. The number of fused-ring (bicyclic) bond motifs is 1. The van der Waals surface area contributed by atoms with Crippen molar-refractivity contribution in [2.75, 3.05) is 32.8 Å². The van der Waals surface area contributed by atoms with Crippen LogP contribution in [-0.4, -0.2) is 67.3 Å². The van der Waals surface area contributed by atoms with E-state index < -0.39 is 16.0 Å². The lowest BCUT2D eigenvalue weighted by Gasteiger charge is -2.33. The van der Waals surface area contributed by atoms with Crippen molar-refractivity contribution in [3.05, 3.63) is 53.9 Å². The minimum Gasteiger partial charge on any atom is -0.460 e. The molecule has 0 unspecified atom stereocenters. The third-order valence-corrected chi connectivity index (χ3v) is 6.75. The standard InChI is InChI=1S/C20H21N3O6S/c1-2-28-20(25)17-5-6-18(29-17)30(26,27)23-11-9-22(10-12-23)19(24)15-4-3-14-7-8-21-16(14)13-15/h3-8,13,21H,2,9-12H2,1H3. The molecule has 1 aromatic carbocycles. The number of aromatic nitrogens is 1. The number of piperazine rings is 1. The summed E-state index contributed by atoms with van der Waals surface area (Å²) in [5.74, 6) is -1.02. The summed E-state index contributed by atoms with van der Waals surface area (Å²) in [6.07, 6.45) is 1.81. The molecule has 1 aliphatic rings. The molecule has 4 rings (SSSR count). The maximum absolute atomic E-state index is 12.8. The SMILES string of the molecule is CCOC(=O)c1ccc(S(=O)(=O)N2CCN(C(=O)c3ccc4cc[nH]c4c3)CC2)o1. The Hall–Kier alpha value is -3.11. The number of hydrogen-bond acceptors (Lipinski definition) is 6. The van der Waals surface area contributed by atoms with Crippen LogP contribution in [0.2, 0.25) is 0 Å². The number of hydrogen-bond donors (Lipinski definition) is 1. The molecule has 1 aliphatic heterocycles. The number of furan rings is 1. The molecule has 0 aliphatic carbocycles. The van der Waals surface area contributed by atoms with Crippen LogP contribution in [0.1, 0.15) is 27.8 Å². The number of aromatic amines is 1. The Labute approximate surface area is 173 Å². The van der Waals surface area contributed by atoms with Gasteiger partial charge in [0.25, 0.3) is 15.9 Å². The number of nitrogens with one attached hydrogen (secondary N) is 1. The van der Waals surface area contributed by atoms with Crippen LogP contribution in [0.4, 0.5) is 0 Å². The van der Waals surface area contributed by atoms with Gasteiger partial charge in [0, 0.05) is 43.5 Å². The van der Waals surface area contributed by atoms with Crippen LogP contribution in [0.3, 0.4) is 0 Å². The van der Waals surface area contributed by atoms with Gasteiger partial charge in [0.05, 0.1) is 6.61 Å². The second-order valence-corrected chi connectivity index (χ2v) is 8.68. The molecule has 30 heavy (non-hydrogen) atoms. The monoisotopic (exact) mass is 431 g/mol. The summed E-state index contributed by atoms with van der Waals surface area (Å²) in [4.78, 5) is 29.2. The van der Waals surface area contributed by atoms with E-state index in [-0.39, 0.29) is 49.5 Å². The van der Waals surface area contributed by atoms with E-state index in [1.54, 1.807) is 24.0 Å². The Balaban J connectivity index is 1.43. The lowest BCUT2D eigenvalue weighted by molar-refractivity contribution is 0.0483. The fourth-order valence-corrected chi connectivity index (χ4v) is 4.73. The molecule has 0 bridgehead atoms. The van der Waals surface area contributed by atoms with Crippen molar-refractivity contribution in [3.63, 3.8) is 0 Å². The first kappa shape index (κ1) is 20.2. The molecule has 9 nitrogen and oxygen atoms in total. The van der Waals surface area contributed by atoms with Gasteiger partial charge in [-0.3, -0.25) is 4.79 Å². The summed E-state index contributed by atoms with van der Waals surface area (Å²) >= 11 is 0. The van der Waals surface area contributed by atoms with E-state index >= 15 is 0 Å². The average molecular weight is 431 g/mol. The summed E-state index contributed by atoms with van der Waals surface area (Å²) < 4.78 is 36.9. The molecule has 0 atom stereocenters. The molecular formula is C20H21N3O6S. The minimum atomic E-state index is -3.91. The molecule has 0 radical (unpaired) electrons. The second kappa shape index (κ2) is 7.96. The van der Waals surface area contributed by atoms with Crippen molar-refractivity contribution in [1.82, 2.24) is 14.2 Å². The number of carbonyl (C=O) groups excluding carboxylic acids is 2. The smallest absolute Gasteiger partial charge is 0.374 e. The van der Waals surface area contributed by atoms with Gasteiger partial charge in [0.15, 0.2) is 0 Å². The zero-order chi connectivity index (χ0) is 21.3. The summed E-state index contributed by atoms with van der Waals surface area (Å²) in [5.41, 5.74) is 1.42. The number of carbonyl (C=O) groups is 2.